The number of benzene rings is 2. The summed E-state index contributed by atoms with van der Waals surface area (Å²) in [6.07, 6.45) is 3.57. The van der Waals surface area contributed by atoms with Gasteiger partial charge in [0.05, 0.1) is 18.4 Å². The second kappa shape index (κ2) is 12.9. The minimum Gasteiger partial charge on any atom is -0.497 e. The maximum absolute atomic E-state index is 14.8. The summed E-state index contributed by atoms with van der Waals surface area (Å²) in [5.41, 5.74) is 5.71. The Balaban J connectivity index is 1.26. The van der Waals surface area contributed by atoms with E-state index in [2.05, 4.69) is 36.0 Å². The molecule has 0 spiro atoms. The van der Waals surface area contributed by atoms with Crippen LogP contribution >= 0.6 is 11.3 Å². The van der Waals surface area contributed by atoms with E-state index in [9.17, 15) is 18.4 Å². The fraction of sp³-hybridized carbons (Fsp3) is 0.296. The Bertz CT molecular complexity index is 1590. The summed E-state index contributed by atoms with van der Waals surface area (Å²) < 4.78 is 39.7. The van der Waals surface area contributed by atoms with Gasteiger partial charge in [-0.2, -0.15) is 4.98 Å². The Hall–Kier alpha value is -4.63. The molecule has 2 aromatic carbocycles. The van der Waals surface area contributed by atoms with Gasteiger partial charge in [0.25, 0.3) is 11.8 Å². The fourth-order valence-electron chi connectivity index (χ4n) is 4.39. The molecule has 0 radical (unpaired) electrons. The fourth-order valence-corrected chi connectivity index (χ4v) is 5.19. The summed E-state index contributed by atoms with van der Waals surface area (Å²) in [6.45, 7) is 3.31. The van der Waals surface area contributed by atoms with Crippen LogP contribution in [0.1, 0.15) is 29.6 Å². The Morgan fingerprint density at radius 1 is 1.10 bits per heavy atom. The molecular formula is C27H28F2N8O4S. The number of nitrogens with zero attached hydrogens (tertiary/aromatic N) is 4. The number of nitrogen functional groups attached to an aromatic ring is 1. The molecule has 0 bridgehead atoms. The number of methoxy groups -OCH3 is 1. The first-order chi connectivity index (χ1) is 20.3. The van der Waals surface area contributed by atoms with Crippen molar-refractivity contribution in [2.45, 2.75) is 19.3 Å². The van der Waals surface area contributed by atoms with Gasteiger partial charge in [0, 0.05) is 24.7 Å². The number of nitrogens with one attached hydrogen (secondary N) is 3. The number of urea groups is 1. The second-order valence-corrected chi connectivity index (χ2v) is 10.4. The van der Waals surface area contributed by atoms with E-state index < -0.39 is 23.6 Å². The summed E-state index contributed by atoms with van der Waals surface area (Å²) in [6, 6.07) is 7.50. The zero-order valence-electron chi connectivity index (χ0n) is 22.6. The first-order valence-electron chi connectivity index (χ1n) is 13.1. The monoisotopic (exact) mass is 598 g/mol. The van der Waals surface area contributed by atoms with Gasteiger partial charge in [0.2, 0.25) is 5.82 Å². The normalized spacial score (nSPS) is 13.5. The summed E-state index contributed by atoms with van der Waals surface area (Å²) in [5.74, 6) is -2.43. The predicted molar refractivity (Wildman–Crippen MR) is 153 cm³/mol. The maximum atomic E-state index is 14.8. The van der Waals surface area contributed by atoms with Crippen LogP contribution in [0, 0.1) is 11.6 Å². The molecule has 12 nitrogen and oxygen atoms in total. The van der Waals surface area contributed by atoms with Crippen LogP contribution in [0.2, 0.25) is 0 Å². The highest BCUT2D eigenvalue weighted by atomic mass is 32.1. The predicted octanol–water partition coefficient (Wildman–Crippen LogP) is 4.59. The quantitative estimate of drug-likeness (QED) is 0.216. The number of piperidine rings is 1. The van der Waals surface area contributed by atoms with Crippen molar-refractivity contribution in [2.24, 2.45) is 0 Å². The summed E-state index contributed by atoms with van der Waals surface area (Å²) in [7, 11) is 1.45. The molecule has 15 heteroatoms. The molecule has 0 atom stereocenters. The van der Waals surface area contributed by atoms with Gasteiger partial charge in [-0.15, -0.1) is 0 Å². The second-order valence-electron chi connectivity index (χ2n) is 9.44. The van der Waals surface area contributed by atoms with Gasteiger partial charge in [-0.05, 0) is 50.2 Å². The van der Waals surface area contributed by atoms with Crippen LogP contribution in [0.5, 0.6) is 5.75 Å². The topological polar surface area (TPSA) is 161 Å². The highest BCUT2D eigenvalue weighted by Gasteiger charge is 2.22. The van der Waals surface area contributed by atoms with E-state index in [0.717, 1.165) is 37.0 Å². The van der Waals surface area contributed by atoms with Crippen LogP contribution in [0.25, 0.3) is 22.2 Å². The van der Waals surface area contributed by atoms with Crippen LogP contribution in [0.3, 0.4) is 0 Å². The summed E-state index contributed by atoms with van der Waals surface area (Å²) in [5, 5.41) is 11.8. The molecule has 0 aliphatic carbocycles. The number of hydrogen-bond acceptors (Lipinski definition) is 10. The number of amides is 3. The molecule has 3 heterocycles. The van der Waals surface area contributed by atoms with Gasteiger partial charge < -0.3 is 30.5 Å². The van der Waals surface area contributed by atoms with Crippen molar-refractivity contribution in [3.63, 3.8) is 0 Å². The van der Waals surface area contributed by atoms with Crippen LogP contribution < -0.4 is 26.4 Å². The van der Waals surface area contributed by atoms with E-state index in [1.807, 2.05) is 0 Å². The van der Waals surface area contributed by atoms with Crippen molar-refractivity contribution in [3.05, 3.63) is 53.6 Å². The van der Waals surface area contributed by atoms with Gasteiger partial charge >= 0.3 is 6.03 Å². The number of ether oxygens (including phenoxy) is 1. The molecule has 4 aromatic rings. The van der Waals surface area contributed by atoms with E-state index in [1.165, 1.54) is 38.5 Å². The molecule has 1 aliphatic rings. The molecule has 5 N–H and O–H groups in total. The third kappa shape index (κ3) is 6.80. The first kappa shape index (κ1) is 28.9. The number of aromatic nitrogens is 3. The summed E-state index contributed by atoms with van der Waals surface area (Å²) in [4.78, 5) is 35.9. The zero-order chi connectivity index (χ0) is 29.6. The summed E-state index contributed by atoms with van der Waals surface area (Å²) >= 11 is 0.994. The van der Waals surface area contributed by atoms with Crippen LogP contribution in [-0.4, -0.2) is 65.3 Å². The number of halogens is 2. The van der Waals surface area contributed by atoms with Crippen LogP contribution in [-0.2, 0) is 0 Å². The first-order valence-corrected chi connectivity index (χ1v) is 13.9. The van der Waals surface area contributed by atoms with E-state index in [-0.39, 0.29) is 44.4 Å². The highest BCUT2D eigenvalue weighted by molar-refractivity contribution is 7.19. The highest BCUT2D eigenvalue weighted by Crippen LogP contribution is 2.35. The molecule has 220 valence electrons. The number of likely N-dealkylation sites (tertiary alicyclic amines) is 1. The van der Waals surface area contributed by atoms with Gasteiger partial charge in [-0.3, -0.25) is 10.1 Å². The van der Waals surface area contributed by atoms with Crippen molar-refractivity contribution in [3.8, 4) is 27.9 Å². The van der Waals surface area contributed by atoms with E-state index >= 15 is 0 Å². The van der Waals surface area contributed by atoms with Crippen LogP contribution in [0.15, 0.2) is 40.9 Å². The lowest BCUT2D eigenvalue weighted by molar-refractivity contribution is 0.102. The lowest BCUT2D eigenvalue weighted by Gasteiger charge is -2.26. The number of rotatable bonds is 9. The molecule has 3 amide bonds. The number of nitrogens with two attached hydrogens (primary N) is 1. The third-order valence-electron chi connectivity index (χ3n) is 6.53. The van der Waals surface area contributed by atoms with Crippen molar-refractivity contribution in [1.29, 1.82) is 0 Å². The molecule has 1 saturated heterocycles. The van der Waals surface area contributed by atoms with Crippen molar-refractivity contribution in [1.82, 2.24) is 25.3 Å². The number of thiazole rings is 1. The van der Waals surface area contributed by atoms with Gasteiger partial charge in [0.1, 0.15) is 28.1 Å². The van der Waals surface area contributed by atoms with E-state index in [1.54, 1.807) is 12.1 Å². The van der Waals surface area contributed by atoms with Crippen molar-refractivity contribution < 1.29 is 27.6 Å². The van der Waals surface area contributed by atoms with Crippen molar-refractivity contribution >= 4 is 39.9 Å². The standard InChI is InChI=1S/C27H28F2N8O4S/c1-40-16-7-5-6-15(12-16)24(38)32-20-13-17(18(28)14-19(20)29)23-34-25(41-36-23)21-22(30)33-27(42-21)35-26(39)31-8-11-37-9-3-2-4-10-37/h5-7,12-14H,2-4,8-11,30H2,1H3,(H,32,38)(H2,31,33,35,39). The Morgan fingerprint density at radius 2 is 1.90 bits per heavy atom. The Labute approximate surface area is 243 Å². The zero-order valence-corrected chi connectivity index (χ0v) is 23.4. The molecule has 1 fully saturated rings. The van der Waals surface area contributed by atoms with Gasteiger partial charge in [-0.1, -0.05) is 29.0 Å². The van der Waals surface area contributed by atoms with Gasteiger partial charge in [0.15, 0.2) is 5.13 Å². The number of hydrogen-bond donors (Lipinski definition) is 4. The average Bonchev–Trinajstić information content (AvgIpc) is 3.61. The smallest absolute Gasteiger partial charge is 0.321 e. The van der Waals surface area contributed by atoms with Crippen molar-refractivity contribution in [2.75, 3.05) is 49.7 Å². The molecule has 2 aromatic heterocycles. The number of anilines is 3. The van der Waals surface area contributed by atoms with Crippen LogP contribution in [0.4, 0.5) is 30.2 Å². The molecule has 0 saturated carbocycles. The molecule has 5 rings (SSSR count). The third-order valence-corrected chi connectivity index (χ3v) is 7.51. The average molecular weight is 599 g/mol. The number of carbonyl (C=O) groups is 2. The van der Waals surface area contributed by atoms with E-state index in [0.29, 0.717) is 18.4 Å². The molecular weight excluding hydrogens is 570 g/mol. The van der Waals surface area contributed by atoms with Gasteiger partial charge in [-0.25, -0.2) is 18.6 Å². The molecule has 1 aliphatic heterocycles. The molecule has 0 unspecified atom stereocenters. The maximum Gasteiger partial charge on any atom is 0.321 e. The van der Waals surface area contributed by atoms with E-state index in [4.69, 9.17) is 15.0 Å². The largest absolute Gasteiger partial charge is 0.497 e. The lowest BCUT2D eigenvalue weighted by Crippen LogP contribution is -2.39. The lowest BCUT2D eigenvalue weighted by atomic mass is 10.1. The Morgan fingerprint density at radius 3 is 2.69 bits per heavy atom. The number of carbonyl (C=O) groups excluding carboxylic acids is 2. The molecule has 42 heavy (non-hydrogen) atoms. The Kier molecular flexibility index (Phi) is 8.88. The minimum absolute atomic E-state index is 0.0182. The SMILES string of the molecule is COc1cccc(C(=O)Nc2cc(-c3noc(-c4sc(NC(=O)NCCN5CCCCC5)nc4N)n3)c(F)cc2F)c1. The minimum atomic E-state index is -0.993.